The van der Waals surface area contributed by atoms with E-state index in [1.807, 2.05) is 31.2 Å². The highest BCUT2D eigenvalue weighted by Crippen LogP contribution is 2.13. The second kappa shape index (κ2) is 12.1. The number of ether oxygens (including phenoxy) is 3. The molecule has 0 saturated carbocycles. The van der Waals surface area contributed by atoms with Crippen molar-refractivity contribution in [1.29, 1.82) is 0 Å². The summed E-state index contributed by atoms with van der Waals surface area (Å²) in [6, 6.07) is 7.51. The van der Waals surface area contributed by atoms with Gasteiger partial charge in [0, 0.05) is 32.9 Å². The maximum absolute atomic E-state index is 12.5. The van der Waals surface area contributed by atoms with Crippen molar-refractivity contribution in [3.63, 3.8) is 0 Å². The number of hydrogen-bond donors (Lipinski definition) is 0. The van der Waals surface area contributed by atoms with Crippen LogP contribution >= 0.6 is 0 Å². The van der Waals surface area contributed by atoms with Gasteiger partial charge in [0.2, 0.25) is 5.91 Å². The van der Waals surface area contributed by atoms with Gasteiger partial charge in [-0.3, -0.25) is 9.59 Å². The first-order valence-corrected chi connectivity index (χ1v) is 8.78. The molecule has 1 atom stereocenters. The molecule has 6 nitrogen and oxygen atoms in total. The molecule has 1 amide bonds. The SMILES string of the molecule is CCOc1ccc(/C=C/C(=O)N(CCCOC)CC(C)C(=O)OC)cc1. The van der Waals surface area contributed by atoms with Gasteiger partial charge in [0.05, 0.1) is 19.6 Å². The average Bonchev–Trinajstić information content (AvgIpc) is 2.66. The third-order valence-corrected chi connectivity index (χ3v) is 3.80. The summed E-state index contributed by atoms with van der Waals surface area (Å²) in [6.07, 6.45) is 3.98. The van der Waals surface area contributed by atoms with E-state index in [9.17, 15) is 9.59 Å². The highest BCUT2D eigenvalue weighted by molar-refractivity contribution is 5.92. The molecule has 0 aromatic heterocycles. The number of carbonyl (C=O) groups excluding carboxylic acids is 2. The minimum Gasteiger partial charge on any atom is -0.494 e. The average molecular weight is 363 g/mol. The number of hydrogen-bond acceptors (Lipinski definition) is 5. The van der Waals surface area contributed by atoms with Crippen LogP contribution in [0.5, 0.6) is 5.75 Å². The van der Waals surface area contributed by atoms with E-state index in [0.717, 1.165) is 11.3 Å². The standard InChI is InChI=1S/C20H29NO5/c1-5-26-18-10-7-17(8-11-18)9-12-19(22)21(13-6-14-24-3)15-16(2)20(23)25-4/h7-12,16H,5-6,13-15H2,1-4H3/b12-9+. The second-order valence-electron chi connectivity index (χ2n) is 5.89. The molecule has 0 fully saturated rings. The Kier molecular flexibility index (Phi) is 10.1. The zero-order valence-electron chi connectivity index (χ0n) is 16.1. The number of rotatable bonds is 11. The number of amides is 1. The number of carbonyl (C=O) groups is 2. The Labute approximate surface area is 155 Å². The molecular weight excluding hydrogens is 334 g/mol. The van der Waals surface area contributed by atoms with Crippen molar-refractivity contribution in [2.75, 3.05) is 40.5 Å². The molecule has 6 heteroatoms. The lowest BCUT2D eigenvalue weighted by Crippen LogP contribution is -2.37. The Hall–Kier alpha value is -2.34. The fourth-order valence-corrected chi connectivity index (χ4v) is 2.41. The molecule has 0 aliphatic rings. The predicted molar refractivity (Wildman–Crippen MR) is 101 cm³/mol. The number of esters is 1. The predicted octanol–water partition coefficient (Wildman–Crippen LogP) is 2.77. The van der Waals surface area contributed by atoms with Crippen molar-refractivity contribution in [1.82, 2.24) is 4.90 Å². The smallest absolute Gasteiger partial charge is 0.310 e. The Bertz CT molecular complexity index is 582. The van der Waals surface area contributed by atoms with Crippen molar-refractivity contribution in [3.05, 3.63) is 35.9 Å². The molecule has 144 valence electrons. The minimum atomic E-state index is -0.384. The zero-order valence-corrected chi connectivity index (χ0v) is 16.1. The quantitative estimate of drug-likeness (QED) is 0.344. The molecule has 1 rings (SSSR count). The fraction of sp³-hybridized carbons (Fsp3) is 0.500. The van der Waals surface area contributed by atoms with Crippen molar-refractivity contribution in [2.24, 2.45) is 5.92 Å². The van der Waals surface area contributed by atoms with Gasteiger partial charge in [-0.05, 0) is 37.1 Å². The van der Waals surface area contributed by atoms with E-state index < -0.39 is 0 Å². The van der Waals surface area contributed by atoms with Gasteiger partial charge >= 0.3 is 5.97 Å². The van der Waals surface area contributed by atoms with Gasteiger partial charge in [0.15, 0.2) is 0 Å². The largest absolute Gasteiger partial charge is 0.494 e. The summed E-state index contributed by atoms with van der Waals surface area (Å²) in [6.45, 7) is 5.67. The monoisotopic (exact) mass is 363 g/mol. The van der Waals surface area contributed by atoms with E-state index in [1.54, 1.807) is 25.0 Å². The van der Waals surface area contributed by atoms with Gasteiger partial charge in [-0.1, -0.05) is 19.1 Å². The Morgan fingerprint density at radius 1 is 1.19 bits per heavy atom. The molecule has 0 spiro atoms. The molecule has 0 radical (unpaired) electrons. The molecule has 1 aromatic rings. The Balaban J connectivity index is 2.74. The molecule has 0 aliphatic heterocycles. The molecule has 1 unspecified atom stereocenters. The molecule has 0 aliphatic carbocycles. The van der Waals surface area contributed by atoms with Gasteiger partial charge in [-0.15, -0.1) is 0 Å². The number of benzene rings is 1. The van der Waals surface area contributed by atoms with Crippen LogP contribution in [-0.2, 0) is 19.1 Å². The van der Waals surface area contributed by atoms with E-state index in [4.69, 9.17) is 14.2 Å². The van der Waals surface area contributed by atoms with Crippen molar-refractivity contribution in [3.8, 4) is 5.75 Å². The zero-order chi connectivity index (χ0) is 19.4. The molecule has 0 bridgehead atoms. The van der Waals surface area contributed by atoms with Crippen molar-refractivity contribution >= 4 is 18.0 Å². The summed E-state index contributed by atoms with van der Waals surface area (Å²) in [5.41, 5.74) is 0.902. The van der Waals surface area contributed by atoms with E-state index in [0.29, 0.717) is 32.7 Å². The van der Waals surface area contributed by atoms with Crippen LogP contribution in [0.4, 0.5) is 0 Å². The number of methoxy groups -OCH3 is 2. The first-order valence-electron chi connectivity index (χ1n) is 8.78. The molecule has 26 heavy (non-hydrogen) atoms. The Morgan fingerprint density at radius 2 is 1.88 bits per heavy atom. The van der Waals surface area contributed by atoms with Crippen LogP contribution in [0.3, 0.4) is 0 Å². The first kappa shape index (κ1) is 21.7. The van der Waals surface area contributed by atoms with E-state index in [-0.39, 0.29) is 17.8 Å². The van der Waals surface area contributed by atoms with E-state index >= 15 is 0 Å². The highest BCUT2D eigenvalue weighted by Gasteiger charge is 2.20. The molecule has 1 aromatic carbocycles. The van der Waals surface area contributed by atoms with Crippen LogP contribution in [0.25, 0.3) is 6.08 Å². The Morgan fingerprint density at radius 3 is 2.46 bits per heavy atom. The van der Waals surface area contributed by atoms with E-state index in [1.165, 1.54) is 13.2 Å². The first-order chi connectivity index (χ1) is 12.5. The van der Waals surface area contributed by atoms with Crippen LogP contribution in [-0.4, -0.2) is 57.3 Å². The molecular formula is C20H29NO5. The number of nitrogens with zero attached hydrogens (tertiary/aromatic N) is 1. The lowest BCUT2D eigenvalue weighted by Gasteiger charge is -2.23. The van der Waals surface area contributed by atoms with Crippen LogP contribution in [0.15, 0.2) is 30.3 Å². The van der Waals surface area contributed by atoms with Crippen LogP contribution in [0.1, 0.15) is 25.8 Å². The van der Waals surface area contributed by atoms with Gasteiger partial charge in [0.25, 0.3) is 0 Å². The molecule has 0 saturated heterocycles. The van der Waals surface area contributed by atoms with Crippen molar-refractivity contribution < 1.29 is 23.8 Å². The summed E-state index contributed by atoms with van der Waals surface area (Å²) in [4.78, 5) is 25.8. The summed E-state index contributed by atoms with van der Waals surface area (Å²) in [5, 5.41) is 0. The lowest BCUT2D eigenvalue weighted by atomic mass is 10.1. The maximum Gasteiger partial charge on any atom is 0.310 e. The van der Waals surface area contributed by atoms with E-state index in [2.05, 4.69) is 0 Å². The summed E-state index contributed by atoms with van der Waals surface area (Å²) >= 11 is 0. The van der Waals surface area contributed by atoms with Gasteiger partial charge in [-0.2, -0.15) is 0 Å². The molecule has 0 N–H and O–H groups in total. The lowest BCUT2D eigenvalue weighted by molar-refractivity contribution is -0.146. The van der Waals surface area contributed by atoms with Crippen LogP contribution in [0, 0.1) is 5.92 Å². The fourth-order valence-electron chi connectivity index (χ4n) is 2.41. The second-order valence-corrected chi connectivity index (χ2v) is 5.89. The summed E-state index contributed by atoms with van der Waals surface area (Å²) < 4.78 is 15.2. The topological polar surface area (TPSA) is 65.1 Å². The third-order valence-electron chi connectivity index (χ3n) is 3.80. The summed E-state index contributed by atoms with van der Waals surface area (Å²) in [7, 11) is 2.97. The summed E-state index contributed by atoms with van der Waals surface area (Å²) in [5.74, 6) is -0.0646. The maximum atomic E-state index is 12.5. The van der Waals surface area contributed by atoms with Gasteiger partial charge in [0.1, 0.15) is 5.75 Å². The van der Waals surface area contributed by atoms with Gasteiger partial charge in [-0.25, -0.2) is 0 Å². The van der Waals surface area contributed by atoms with Crippen LogP contribution in [0.2, 0.25) is 0 Å². The van der Waals surface area contributed by atoms with Gasteiger partial charge < -0.3 is 19.1 Å². The molecule has 0 heterocycles. The third kappa shape index (κ3) is 7.70. The minimum absolute atomic E-state index is 0.147. The van der Waals surface area contributed by atoms with Crippen molar-refractivity contribution in [2.45, 2.75) is 20.3 Å². The normalized spacial score (nSPS) is 12.0. The van der Waals surface area contributed by atoms with Crippen LogP contribution < -0.4 is 4.74 Å². The highest BCUT2D eigenvalue weighted by atomic mass is 16.5.